The normalized spacial score (nSPS) is 15.8. The number of nitrogens with zero attached hydrogens (tertiary/aromatic N) is 2. The third-order valence-electron chi connectivity index (χ3n) is 5.64. The van der Waals surface area contributed by atoms with Crippen LogP contribution >= 0.6 is 23.2 Å². The summed E-state index contributed by atoms with van der Waals surface area (Å²) in [4.78, 5) is 17.3. The fourth-order valence-corrected chi connectivity index (χ4v) is 4.50. The fourth-order valence-electron chi connectivity index (χ4n) is 4.01. The summed E-state index contributed by atoms with van der Waals surface area (Å²) in [6.45, 7) is 5.02. The number of piperazine rings is 1. The molecule has 0 N–H and O–H groups in total. The van der Waals surface area contributed by atoms with Crippen LogP contribution in [-0.4, -0.2) is 41.9 Å². The third-order valence-corrected chi connectivity index (χ3v) is 6.18. The zero-order valence-corrected chi connectivity index (χ0v) is 18.4. The van der Waals surface area contributed by atoms with Gasteiger partial charge in [0.15, 0.2) is 0 Å². The minimum Gasteiger partial charge on any atom is -0.336 e. The topological polar surface area (TPSA) is 23.6 Å². The van der Waals surface area contributed by atoms with E-state index in [1.165, 1.54) is 16.7 Å². The molecule has 0 saturated carbocycles. The number of carbonyl (C=O) groups excluding carboxylic acids is 1. The summed E-state index contributed by atoms with van der Waals surface area (Å²) >= 11 is 12.2. The molecule has 5 heteroatoms. The predicted molar refractivity (Wildman–Crippen MR) is 123 cm³/mol. The average molecular weight is 439 g/mol. The molecule has 1 atom stereocenters. The lowest BCUT2D eigenvalue weighted by Gasteiger charge is -2.40. The van der Waals surface area contributed by atoms with E-state index in [4.69, 9.17) is 23.2 Å². The van der Waals surface area contributed by atoms with E-state index in [9.17, 15) is 4.79 Å². The molecule has 0 aromatic heterocycles. The van der Waals surface area contributed by atoms with E-state index in [2.05, 4.69) is 60.4 Å². The van der Waals surface area contributed by atoms with Gasteiger partial charge in [-0.25, -0.2) is 0 Å². The SMILES string of the molecule is Cc1ccc([C@@H](c2ccccc2)N2CCN(C(=O)c3ccc(Cl)cc3Cl)CC2)cc1. The molecule has 0 spiro atoms. The van der Waals surface area contributed by atoms with Gasteiger partial charge in [-0.2, -0.15) is 0 Å². The van der Waals surface area contributed by atoms with Crippen LogP contribution in [0.5, 0.6) is 0 Å². The Kier molecular flexibility index (Phi) is 6.43. The number of hydrogen-bond acceptors (Lipinski definition) is 2. The molecule has 1 aliphatic rings. The summed E-state index contributed by atoms with van der Waals surface area (Å²) in [5, 5.41) is 0.932. The quantitative estimate of drug-likeness (QED) is 0.509. The van der Waals surface area contributed by atoms with Crippen molar-refractivity contribution in [3.05, 3.63) is 105 Å². The Hall–Kier alpha value is -2.33. The average Bonchev–Trinajstić information content (AvgIpc) is 2.76. The molecule has 4 rings (SSSR count). The van der Waals surface area contributed by atoms with Crippen molar-refractivity contribution in [3.8, 4) is 0 Å². The highest BCUT2D eigenvalue weighted by Crippen LogP contribution is 2.30. The van der Waals surface area contributed by atoms with E-state index < -0.39 is 0 Å². The van der Waals surface area contributed by atoms with Crippen LogP contribution < -0.4 is 0 Å². The van der Waals surface area contributed by atoms with Crippen molar-refractivity contribution in [3.63, 3.8) is 0 Å². The van der Waals surface area contributed by atoms with Gasteiger partial charge in [0.2, 0.25) is 0 Å². The van der Waals surface area contributed by atoms with Crippen molar-refractivity contribution >= 4 is 29.1 Å². The summed E-state index contributed by atoms with van der Waals surface area (Å²) in [7, 11) is 0. The maximum atomic E-state index is 13.0. The minimum absolute atomic E-state index is 0.0390. The molecule has 3 aromatic carbocycles. The Morgan fingerprint density at radius 2 is 1.47 bits per heavy atom. The molecule has 1 saturated heterocycles. The Balaban J connectivity index is 1.53. The Morgan fingerprint density at radius 1 is 0.833 bits per heavy atom. The summed E-state index contributed by atoms with van der Waals surface area (Å²) in [5.74, 6) is -0.0390. The van der Waals surface area contributed by atoms with Crippen LogP contribution in [0.15, 0.2) is 72.8 Å². The maximum absolute atomic E-state index is 13.0. The van der Waals surface area contributed by atoms with Gasteiger partial charge in [0.1, 0.15) is 0 Å². The van der Waals surface area contributed by atoms with E-state index in [1.807, 2.05) is 11.0 Å². The van der Waals surface area contributed by atoms with Crippen molar-refractivity contribution in [1.82, 2.24) is 9.80 Å². The van der Waals surface area contributed by atoms with Gasteiger partial charge in [0, 0.05) is 31.2 Å². The van der Waals surface area contributed by atoms with Gasteiger partial charge in [0.25, 0.3) is 5.91 Å². The molecule has 0 unspecified atom stereocenters. The highest BCUT2D eigenvalue weighted by atomic mass is 35.5. The van der Waals surface area contributed by atoms with Gasteiger partial charge in [0.05, 0.1) is 16.6 Å². The molecule has 3 aromatic rings. The van der Waals surface area contributed by atoms with Crippen molar-refractivity contribution < 1.29 is 4.79 Å². The van der Waals surface area contributed by atoms with Crippen LogP contribution in [0.3, 0.4) is 0 Å². The van der Waals surface area contributed by atoms with E-state index >= 15 is 0 Å². The molecular weight excluding hydrogens is 415 g/mol. The first kappa shape index (κ1) is 20.9. The van der Waals surface area contributed by atoms with Crippen molar-refractivity contribution in [2.45, 2.75) is 13.0 Å². The van der Waals surface area contributed by atoms with Gasteiger partial charge in [-0.05, 0) is 36.2 Å². The Bertz CT molecular complexity index is 1010. The van der Waals surface area contributed by atoms with E-state index in [1.54, 1.807) is 18.2 Å². The van der Waals surface area contributed by atoms with Crippen molar-refractivity contribution in [2.24, 2.45) is 0 Å². The lowest BCUT2D eigenvalue weighted by Crippen LogP contribution is -2.49. The number of amides is 1. The Labute approximate surface area is 187 Å². The summed E-state index contributed by atoms with van der Waals surface area (Å²) < 4.78 is 0. The number of benzene rings is 3. The number of halogens is 2. The Morgan fingerprint density at radius 3 is 2.10 bits per heavy atom. The van der Waals surface area contributed by atoms with Gasteiger partial charge >= 0.3 is 0 Å². The molecule has 1 fully saturated rings. The fraction of sp³-hybridized carbons (Fsp3) is 0.240. The van der Waals surface area contributed by atoms with E-state index in [0.29, 0.717) is 28.7 Å². The third kappa shape index (κ3) is 4.54. The van der Waals surface area contributed by atoms with Crippen LogP contribution in [0.25, 0.3) is 0 Å². The second-order valence-electron chi connectivity index (χ2n) is 7.68. The molecule has 0 aliphatic carbocycles. The van der Waals surface area contributed by atoms with E-state index in [-0.39, 0.29) is 11.9 Å². The zero-order valence-electron chi connectivity index (χ0n) is 16.9. The lowest BCUT2D eigenvalue weighted by molar-refractivity contribution is 0.0597. The first-order valence-electron chi connectivity index (χ1n) is 10.1. The summed E-state index contributed by atoms with van der Waals surface area (Å²) in [6, 6.07) is 24.5. The first-order chi connectivity index (χ1) is 14.5. The summed E-state index contributed by atoms with van der Waals surface area (Å²) in [6.07, 6.45) is 0. The van der Waals surface area contributed by atoms with Crippen LogP contribution in [0.4, 0.5) is 0 Å². The molecule has 1 amide bonds. The predicted octanol–water partition coefficient (Wildman–Crippen LogP) is 5.85. The van der Waals surface area contributed by atoms with Gasteiger partial charge in [-0.3, -0.25) is 9.69 Å². The van der Waals surface area contributed by atoms with Crippen LogP contribution in [0.1, 0.15) is 33.1 Å². The van der Waals surface area contributed by atoms with Crippen LogP contribution in [0.2, 0.25) is 10.0 Å². The standard InChI is InChI=1S/C25H24Cl2N2O/c1-18-7-9-20(10-8-18)24(19-5-3-2-4-6-19)28-13-15-29(16-14-28)25(30)22-12-11-21(26)17-23(22)27/h2-12,17,24H,13-16H2,1H3/t24-/m1/s1. The second kappa shape index (κ2) is 9.22. The zero-order chi connectivity index (χ0) is 21.1. The number of rotatable bonds is 4. The van der Waals surface area contributed by atoms with Gasteiger partial charge in [-0.15, -0.1) is 0 Å². The lowest BCUT2D eigenvalue weighted by atomic mass is 9.95. The molecule has 30 heavy (non-hydrogen) atoms. The molecule has 0 radical (unpaired) electrons. The maximum Gasteiger partial charge on any atom is 0.255 e. The van der Waals surface area contributed by atoms with Crippen LogP contribution in [0, 0.1) is 6.92 Å². The second-order valence-corrected chi connectivity index (χ2v) is 8.52. The molecule has 1 heterocycles. The first-order valence-corrected chi connectivity index (χ1v) is 10.9. The number of aryl methyl sites for hydroxylation is 1. The number of carbonyl (C=O) groups is 1. The number of hydrogen-bond donors (Lipinski definition) is 0. The summed E-state index contributed by atoms with van der Waals surface area (Å²) in [5.41, 5.74) is 4.29. The molecule has 3 nitrogen and oxygen atoms in total. The monoisotopic (exact) mass is 438 g/mol. The minimum atomic E-state index is -0.0390. The highest BCUT2D eigenvalue weighted by molar-refractivity contribution is 6.36. The highest BCUT2D eigenvalue weighted by Gasteiger charge is 2.29. The molecular formula is C25H24Cl2N2O. The smallest absolute Gasteiger partial charge is 0.255 e. The van der Waals surface area contributed by atoms with Gasteiger partial charge in [-0.1, -0.05) is 83.4 Å². The molecule has 0 bridgehead atoms. The molecule has 154 valence electrons. The molecule has 1 aliphatic heterocycles. The van der Waals surface area contributed by atoms with Gasteiger partial charge < -0.3 is 4.90 Å². The van der Waals surface area contributed by atoms with Crippen molar-refractivity contribution in [2.75, 3.05) is 26.2 Å². The van der Waals surface area contributed by atoms with Crippen molar-refractivity contribution in [1.29, 1.82) is 0 Å². The van der Waals surface area contributed by atoms with E-state index in [0.717, 1.165) is 13.1 Å². The largest absolute Gasteiger partial charge is 0.336 e. The van der Waals surface area contributed by atoms with Crippen LogP contribution in [-0.2, 0) is 0 Å².